The Hall–Kier alpha value is -0.930. The van der Waals surface area contributed by atoms with E-state index in [1.165, 1.54) is 32.1 Å². The first kappa shape index (κ1) is 17.1. The fraction of sp³-hybridized carbons (Fsp3) is 0.929. The van der Waals surface area contributed by atoms with Crippen LogP contribution in [-0.2, 0) is 0 Å². The van der Waals surface area contributed by atoms with Crippen LogP contribution in [0.3, 0.4) is 0 Å². The summed E-state index contributed by atoms with van der Waals surface area (Å²) in [4.78, 5) is 14.6. The van der Waals surface area contributed by atoms with Crippen molar-refractivity contribution in [3.05, 3.63) is 10.1 Å². The molecule has 0 saturated carbocycles. The van der Waals surface area contributed by atoms with Gasteiger partial charge in [0.1, 0.15) is 0 Å². The summed E-state index contributed by atoms with van der Waals surface area (Å²) in [6.45, 7) is 4.99. The predicted octanol–water partition coefficient (Wildman–Crippen LogP) is 4.25. The van der Waals surface area contributed by atoms with Gasteiger partial charge in [-0.15, -0.1) is 0 Å². The fourth-order valence-corrected chi connectivity index (χ4v) is 1.86. The maximum atomic E-state index is 10.5. The number of nitro groups is 1. The third-order valence-corrected chi connectivity index (χ3v) is 2.98. The molecule has 0 aromatic carbocycles. The summed E-state index contributed by atoms with van der Waals surface area (Å²) in [6, 6.07) is 0. The summed E-state index contributed by atoms with van der Waals surface area (Å²) in [5.41, 5.74) is 0.781. The van der Waals surface area contributed by atoms with Crippen LogP contribution in [0.15, 0.2) is 4.99 Å². The number of hydrogen-bond acceptors (Lipinski definition) is 3. The molecule has 0 saturated heterocycles. The molecule has 0 aromatic rings. The molecule has 0 aliphatic carbocycles. The van der Waals surface area contributed by atoms with Gasteiger partial charge >= 0.3 is 0 Å². The van der Waals surface area contributed by atoms with Crippen LogP contribution in [0.2, 0.25) is 0 Å². The van der Waals surface area contributed by atoms with Gasteiger partial charge in [0.25, 0.3) is 0 Å². The molecular weight excluding hydrogens is 228 g/mol. The second-order valence-corrected chi connectivity index (χ2v) is 4.81. The Labute approximate surface area is 111 Å². The number of hydrogen-bond donors (Lipinski definition) is 0. The zero-order valence-electron chi connectivity index (χ0n) is 12.0. The molecule has 0 unspecified atom stereocenters. The Morgan fingerprint density at radius 1 is 1.00 bits per heavy atom. The average Bonchev–Trinajstić information content (AvgIpc) is 2.33. The normalized spacial score (nSPS) is 11.8. The van der Waals surface area contributed by atoms with E-state index in [-0.39, 0.29) is 11.5 Å². The molecule has 0 heterocycles. The van der Waals surface area contributed by atoms with E-state index in [1.807, 2.05) is 0 Å². The summed E-state index contributed by atoms with van der Waals surface area (Å²) in [5, 5.41) is 10.5. The van der Waals surface area contributed by atoms with Crippen LogP contribution in [0.1, 0.15) is 71.6 Å². The highest BCUT2D eigenvalue weighted by Gasteiger charge is 2.06. The van der Waals surface area contributed by atoms with Crippen LogP contribution >= 0.6 is 0 Å². The van der Waals surface area contributed by atoms with Gasteiger partial charge in [-0.25, -0.2) is 0 Å². The molecule has 0 fully saturated rings. The summed E-state index contributed by atoms with van der Waals surface area (Å²) < 4.78 is 0. The molecule has 0 N–H and O–H groups in total. The molecular formula is C14H28N2O2. The van der Waals surface area contributed by atoms with Crippen molar-refractivity contribution >= 4 is 5.71 Å². The molecule has 106 valence electrons. The second-order valence-electron chi connectivity index (χ2n) is 4.81. The van der Waals surface area contributed by atoms with E-state index in [9.17, 15) is 10.1 Å². The maximum absolute atomic E-state index is 10.5. The van der Waals surface area contributed by atoms with E-state index < -0.39 is 0 Å². The Morgan fingerprint density at radius 3 is 2.22 bits per heavy atom. The quantitative estimate of drug-likeness (QED) is 0.227. The second kappa shape index (κ2) is 12.5. The van der Waals surface area contributed by atoms with Crippen LogP contribution in [-0.4, -0.2) is 23.7 Å². The van der Waals surface area contributed by atoms with Gasteiger partial charge < -0.3 is 0 Å². The van der Waals surface area contributed by atoms with Crippen molar-refractivity contribution in [1.29, 1.82) is 0 Å². The third-order valence-electron chi connectivity index (χ3n) is 2.98. The summed E-state index contributed by atoms with van der Waals surface area (Å²) in [5.74, 6) is 0. The molecule has 0 atom stereocenters. The minimum atomic E-state index is -0.262. The third kappa shape index (κ3) is 11.6. The van der Waals surface area contributed by atoms with Gasteiger partial charge in [0.15, 0.2) is 0 Å². The molecule has 0 amide bonds. The highest BCUT2D eigenvalue weighted by atomic mass is 16.6. The summed E-state index contributed by atoms with van der Waals surface area (Å²) >= 11 is 0. The first-order valence-corrected chi connectivity index (χ1v) is 7.34. The minimum Gasteiger partial charge on any atom is -0.287 e. The van der Waals surface area contributed by atoms with Gasteiger partial charge in [0, 0.05) is 11.5 Å². The van der Waals surface area contributed by atoms with Crippen molar-refractivity contribution in [2.45, 2.75) is 71.6 Å². The van der Waals surface area contributed by atoms with E-state index in [1.54, 1.807) is 0 Å². The fourth-order valence-electron chi connectivity index (χ4n) is 1.86. The van der Waals surface area contributed by atoms with Crippen molar-refractivity contribution in [2.75, 3.05) is 13.1 Å². The first-order valence-electron chi connectivity index (χ1n) is 7.34. The largest absolute Gasteiger partial charge is 0.287 e. The Balaban J connectivity index is 3.79. The zero-order valence-corrected chi connectivity index (χ0v) is 12.0. The lowest BCUT2D eigenvalue weighted by atomic mass is 10.1. The Bertz CT molecular complexity index is 240. The molecule has 18 heavy (non-hydrogen) atoms. The topological polar surface area (TPSA) is 55.5 Å². The number of rotatable bonds is 12. The SMILES string of the molecule is CCCCCCCCC(C[N+](=O)[O-])=NCCCC. The van der Waals surface area contributed by atoms with Gasteiger partial charge in [-0.05, 0) is 19.3 Å². The molecule has 0 spiro atoms. The lowest BCUT2D eigenvalue weighted by Gasteiger charge is -2.03. The Morgan fingerprint density at radius 2 is 1.61 bits per heavy atom. The van der Waals surface area contributed by atoms with E-state index in [2.05, 4.69) is 18.8 Å². The van der Waals surface area contributed by atoms with E-state index in [0.29, 0.717) is 0 Å². The van der Waals surface area contributed by atoms with Crippen molar-refractivity contribution in [2.24, 2.45) is 4.99 Å². The number of aliphatic imine (C=N–C) groups is 1. The van der Waals surface area contributed by atoms with Gasteiger partial charge in [0.05, 0.1) is 5.71 Å². The molecule has 0 rings (SSSR count). The predicted molar refractivity (Wildman–Crippen MR) is 77.1 cm³/mol. The highest BCUT2D eigenvalue weighted by Crippen LogP contribution is 2.08. The molecule has 0 aromatic heterocycles. The average molecular weight is 256 g/mol. The molecule has 4 nitrogen and oxygen atoms in total. The molecule has 0 aliphatic heterocycles. The maximum Gasteiger partial charge on any atom is 0.241 e. The summed E-state index contributed by atoms with van der Waals surface area (Å²) in [6.07, 6.45) is 10.2. The van der Waals surface area contributed by atoms with Crippen LogP contribution < -0.4 is 0 Å². The van der Waals surface area contributed by atoms with Crippen molar-refractivity contribution in [1.82, 2.24) is 0 Å². The monoisotopic (exact) mass is 256 g/mol. The highest BCUT2D eigenvalue weighted by molar-refractivity contribution is 5.85. The van der Waals surface area contributed by atoms with Crippen LogP contribution in [0.25, 0.3) is 0 Å². The number of nitrogens with zero attached hydrogens (tertiary/aromatic N) is 2. The van der Waals surface area contributed by atoms with Crippen molar-refractivity contribution in [3.8, 4) is 0 Å². The van der Waals surface area contributed by atoms with Gasteiger partial charge in [0.2, 0.25) is 6.54 Å². The van der Waals surface area contributed by atoms with E-state index in [0.717, 1.165) is 37.9 Å². The van der Waals surface area contributed by atoms with Gasteiger partial charge in [-0.1, -0.05) is 52.4 Å². The number of unbranched alkanes of at least 4 members (excludes halogenated alkanes) is 6. The molecule has 0 radical (unpaired) electrons. The van der Waals surface area contributed by atoms with Crippen molar-refractivity contribution < 1.29 is 4.92 Å². The summed E-state index contributed by atoms with van der Waals surface area (Å²) in [7, 11) is 0. The molecule has 0 aliphatic rings. The van der Waals surface area contributed by atoms with Gasteiger partial charge in [-0.2, -0.15) is 0 Å². The Kier molecular flexibility index (Phi) is 11.9. The van der Waals surface area contributed by atoms with Crippen LogP contribution in [0.4, 0.5) is 0 Å². The van der Waals surface area contributed by atoms with Gasteiger partial charge in [-0.3, -0.25) is 15.1 Å². The standard InChI is InChI=1S/C14H28N2O2/c1-3-5-7-8-9-10-11-14(13-16(17)18)15-12-6-4-2/h3-13H2,1-2H3. The van der Waals surface area contributed by atoms with Crippen LogP contribution in [0.5, 0.6) is 0 Å². The smallest absolute Gasteiger partial charge is 0.241 e. The molecule has 4 heteroatoms. The lowest BCUT2D eigenvalue weighted by Crippen LogP contribution is -2.14. The van der Waals surface area contributed by atoms with E-state index >= 15 is 0 Å². The van der Waals surface area contributed by atoms with Crippen LogP contribution in [0, 0.1) is 10.1 Å². The molecule has 0 bridgehead atoms. The van der Waals surface area contributed by atoms with Crippen molar-refractivity contribution in [3.63, 3.8) is 0 Å². The zero-order chi connectivity index (χ0) is 13.6. The minimum absolute atomic E-state index is 0.0708. The van der Waals surface area contributed by atoms with E-state index in [4.69, 9.17) is 0 Å². The lowest BCUT2D eigenvalue weighted by molar-refractivity contribution is -0.463. The first-order chi connectivity index (χ1) is 8.70.